The van der Waals surface area contributed by atoms with Crippen molar-refractivity contribution in [3.63, 3.8) is 0 Å². The number of hydrogen-bond donors (Lipinski definition) is 1. The van der Waals surface area contributed by atoms with Gasteiger partial charge in [0.15, 0.2) is 6.10 Å². The van der Waals surface area contributed by atoms with Crippen molar-refractivity contribution >= 4 is 45.0 Å². The average Bonchev–Trinajstić information content (AvgIpc) is 3.15. The Bertz CT molecular complexity index is 1030. The molecule has 0 bridgehead atoms. The van der Waals surface area contributed by atoms with E-state index in [-0.39, 0.29) is 5.91 Å². The summed E-state index contributed by atoms with van der Waals surface area (Å²) in [6.45, 7) is 2.51. The lowest BCUT2D eigenvalue weighted by Crippen LogP contribution is -2.35. The van der Waals surface area contributed by atoms with Gasteiger partial charge >= 0.3 is 5.97 Å². The van der Waals surface area contributed by atoms with Crippen LogP contribution in [-0.2, 0) is 9.53 Å². The van der Waals surface area contributed by atoms with Gasteiger partial charge in [-0.15, -0.1) is 11.3 Å². The number of nitrogens with zero attached hydrogens (tertiary/aromatic N) is 2. The van der Waals surface area contributed by atoms with E-state index in [0.717, 1.165) is 34.4 Å². The van der Waals surface area contributed by atoms with Crippen LogP contribution in [0.5, 0.6) is 0 Å². The van der Waals surface area contributed by atoms with Crippen molar-refractivity contribution in [3.05, 3.63) is 45.9 Å². The number of carbonyl (C=O) groups is 2. The van der Waals surface area contributed by atoms with Crippen LogP contribution in [0.3, 0.4) is 0 Å². The zero-order valence-corrected chi connectivity index (χ0v) is 16.3. The molecule has 1 N–H and O–H groups in total. The lowest BCUT2D eigenvalue weighted by Gasteiger charge is -2.13. The smallest absolute Gasteiger partial charge is 0.349 e. The maximum atomic E-state index is 12.6. The van der Waals surface area contributed by atoms with E-state index in [4.69, 9.17) is 16.3 Å². The topological polar surface area (TPSA) is 73.2 Å². The van der Waals surface area contributed by atoms with Crippen LogP contribution in [0.1, 0.15) is 34.6 Å². The number of para-hydroxylation sites is 1. The Hall–Kier alpha value is -2.38. The van der Waals surface area contributed by atoms with Gasteiger partial charge in [-0.2, -0.15) is 5.10 Å². The van der Waals surface area contributed by atoms with Gasteiger partial charge in [0.25, 0.3) is 5.91 Å². The Morgan fingerprint density at radius 1 is 1.37 bits per heavy atom. The summed E-state index contributed by atoms with van der Waals surface area (Å²) in [5.74, 6) is -0.705. The van der Waals surface area contributed by atoms with Gasteiger partial charge in [-0.25, -0.2) is 9.48 Å². The fourth-order valence-corrected chi connectivity index (χ4v) is 4.42. The standard InChI is InChI=1S/C19H18ClN3O3S/c1-11-12-10-16(19(25)26-15-8-4-5-9-21-17(15)24)27-18(12)23(22-11)14-7-3-2-6-13(14)20/h2-3,6-7,10,15H,4-5,8-9H2,1H3,(H,21,24). The molecule has 6 nitrogen and oxygen atoms in total. The molecule has 1 saturated heterocycles. The normalized spacial score (nSPS) is 17.6. The first-order chi connectivity index (χ1) is 13.0. The van der Waals surface area contributed by atoms with Gasteiger partial charge in [-0.05, 0) is 44.4 Å². The summed E-state index contributed by atoms with van der Waals surface area (Å²) in [4.78, 5) is 25.9. The molecule has 4 rings (SSSR count). The van der Waals surface area contributed by atoms with Crippen molar-refractivity contribution in [3.8, 4) is 5.69 Å². The van der Waals surface area contributed by atoms with E-state index in [2.05, 4.69) is 10.4 Å². The number of amides is 1. The van der Waals surface area contributed by atoms with Gasteiger partial charge in [0.2, 0.25) is 0 Å². The zero-order valence-electron chi connectivity index (χ0n) is 14.7. The minimum absolute atomic E-state index is 0.222. The Balaban J connectivity index is 1.66. The highest BCUT2D eigenvalue weighted by molar-refractivity contribution is 7.20. The number of thiophene rings is 1. The van der Waals surface area contributed by atoms with Crippen LogP contribution in [-0.4, -0.2) is 34.3 Å². The molecule has 1 fully saturated rings. The number of rotatable bonds is 3. The van der Waals surface area contributed by atoms with Crippen molar-refractivity contribution in [1.82, 2.24) is 15.1 Å². The van der Waals surface area contributed by atoms with Gasteiger partial charge in [0, 0.05) is 11.9 Å². The van der Waals surface area contributed by atoms with Crippen molar-refractivity contribution in [2.24, 2.45) is 0 Å². The second-order valence-electron chi connectivity index (χ2n) is 6.46. The third-order valence-corrected chi connectivity index (χ3v) is 5.97. The Morgan fingerprint density at radius 3 is 3.00 bits per heavy atom. The molecule has 3 aromatic rings. The molecule has 140 valence electrons. The predicted octanol–water partition coefficient (Wildman–Crippen LogP) is 3.87. The number of halogens is 1. The van der Waals surface area contributed by atoms with Gasteiger partial charge < -0.3 is 10.1 Å². The lowest BCUT2D eigenvalue weighted by atomic mass is 10.2. The second-order valence-corrected chi connectivity index (χ2v) is 7.90. The molecule has 0 spiro atoms. The highest BCUT2D eigenvalue weighted by atomic mass is 35.5. The first kappa shape index (κ1) is 18.0. The summed E-state index contributed by atoms with van der Waals surface area (Å²) in [5, 5.41) is 8.78. The van der Waals surface area contributed by atoms with Crippen LogP contribution in [0.25, 0.3) is 15.9 Å². The van der Waals surface area contributed by atoms with E-state index in [1.165, 1.54) is 11.3 Å². The summed E-state index contributed by atoms with van der Waals surface area (Å²) in [6, 6.07) is 9.19. The van der Waals surface area contributed by atoms with Crippen molar-refractivity contribution in [2.75, 3.05) is 6.54 Å². The molecule has 1 aliphatic heterocycles. The molecule has 1 unspecified atom stereocenters. The van der Waals surface area contributed by atoms with Crippen LogP contribution < -0.4 is 5.32 Å². The average molecular weight is 404 g/mol. The SMILES string of the molecule is Cc1nn(-c2ccccc2Cl)c2sc(C(=O)OC3CCCCNC3=O)cc12. The summed E-state index contributed by atoms with van der Waals surface area (Å²) in [5.41, 5.74) is 1.55. The maximum absolute atomic E-state index is 12.6. The third-order valence-electron chi connectivity index (χ3n) is 4.56. The highest BCUT2D eigenvalue weighted by Gasteiger charge is 2.27. The summed E-state index contributed by atoms with van der Waals surface area (Å²) in [6.07, 6.45) is 1.57. The zero-order chi connectivity index (χ0) is 19.0. The molecule has 0 radical (unpaired) electrons. The van der Waals surface area contributed by atoms with Crippen LogP contribution in [0, 0.1) is 6.92 Å². The molecule has 1 amide bonds. The molecule has 1 aromatic carbocycles. The van der Waals surface area contributed by atoms with Gasteiger partial charge in [-0.1, -0.05) is 23.7 Å². The highest BCUT2D eigenvalue weighted by Crippen LogP contribution is 2.33. The Labute approximate surface area is 165 Å². The Kier molecular flexibility index (Phi) is 4.88. The third kappa shape index (κ3) is 3.44. The molecule has 2 aromatic heterocycles. The molecule has 3 heterocycles. The fraction of sp³-hybridized carbons (Fsp3) is 0.316. The number of ether oxygens (including phenoxy) is 1. The molecule has 1 aliphatic rings. The van der Waals surface area contributed by atoms with Crippen LogP contribution >= 0.6 is 22.9 Å². The number of aryl methyl sites for hydroxylation is 1. The number of fused-ring (bicyclic) bond motifs is 1. The molecule has 27 heavy (non-hydrogen) atoms. The first-order valence-corrected chi connectivity index (χ1v) is 9.97. The van der Waals surface area contributed by atoms with Gasteiger partial charge in [-0.3, -0.25) is 4.79 Å². The fourth-order valence-electron chi connectivity index (χ4n) is 3.15. The first-order valence-electron chi connectivity index (χ1n) is 8.77. The van der Waals surface area contributed by atoms with Gasteiger partial charge in [0.05, 0.1) is 16.4 Å². The van der Waals surface area contributed by atoms with Gasteiger partial charge in [0.1, 0.15) is 9.71 Å². The minimum Gasteiger partial charge on any atom is -0.448 e. The van der Waals surface area contributed by atoms with E-state index in [1.807, 2.05) is 25.1 Å². The van der Waals surface area contributed by atoms with Crippen molar-refractivity contribution in [2.45, 2.75) is 32.3 Å². The number of aromatic nitrogens is 2. The molecule has 0 saturated carbocycles. The molecular formula is C19H18ClN3O3S. The van der Waals surface area contributed by atoms with Crippen molar-refractivity contribution < 1.29 is 14.3 Å². The maximum Gasteiger partial charge on any atom is 0.349 e. The number of hydrogen-bond acceptors (Lipinski definition) is 5. The molecule has 1 atom stereocenters. The van der Waals surface area contributed by atoms with Crippen molar-refractivity contribution in [1.29, 1.82) is 0 Å². The summed E-state index contributed by atoms with van der Waals surface area (Å²) >= 11 is 7.59. The number of nitrogens with one attached hydrogen (secondary N) is 1. The van der Waals surface area contributed by atoms with Crippen LogP contribution in [0.4, 0.5) is 0 Å². The number of carbonyl (C=O) groups excluding carboxylic acids is 2. The summed E-state index contributed by atoms with van der Waals surface area (Å²) in [7, 11) is 0. The van der Waals surface area contributed by atoms with E-state index >= 15 is 0 Å². The quantitative estimate of drug-likeness (QED) is 0.673. The predicted molar refractivity (Wildman–Crippen MR) is 105 cm³/mol. The monoisotopic (exact) mass is 403 g/mol. The number of benzene rings is 1. The molecular weight excluding hydrogens is 386 g/mol. The van der Waals surface area contributed by atoms with E-state index < -0.39 is 12.1 Å². The second kappa shape index (κ2) is 7.32. The minimum atomic E-state index is -0.730. The summed E-state index contributed by atoms with van der Waals surface area (Å²) < 4.78 is 7.22. The van der Waals surface area contributed by atoms with E-state index in [9.17, 15) is 9.59 Å². The largest absolute Gasteiger partial charge is 0.448 e. The molecule has 0 aliphatic carbocycles. The van der Waals surface area contributed by atoms with E-state index in [0.29, 0.717) is 22.9 Å². The number of esters is 1. The van der Waals surface area contributed by atoms with Crippen LogP contribution in [0.15, 0.2) is 30.3 Å². The lowest BCUT2D eigenvalue weighted by molar-refractivity contribution is -0.129. The molecule has 8 heteroatoms. The van der Waals surface area contributed by atoms with E-state index in [1.54, 1.807) is 16.8 Å². The Morgan fingerprint density at radius 2 is 2.19 bits per heavy atom. The van der Waals surface area contributed by atoms with Crippen LogP contribution in [0.2, 0.25) is 5.02 Å².